The van der Waals surface area contributed by atoms with Gasteiger partial charge in [0, 0.05) is 0 Å². The number of esters is 2. The maximum atomic E-state index is 12.9. The second-order valence-corrected chi connectivity index (χ2v) is 17.6. The summed E-state index contributed by atoms with van der Waals surface area (Å²) < 4.78 is 5.27. The number of hydrogen-bond acceptors (Lipinski definition) is 3. The first-order valence-corrected chi connectivity index (χ1v) is 18.5. The lowest BCUT2D eigenvalue weighted by Gasteiger charge is -2.42. The summed E-state index contributed by atoms with van der Waals surface area (Å²) in [7, 11) is 0. The number of carbonyl (C=O) groups excluding carboxylic acids is 2. The number of ether oxygens (including phenoxy) is 1. The van der Waals surface area contributed by atoms with E-state index in [-0.39, 0.29) is 21.7 Å². The fourth-order valence-electron chi connectivity index (χ4n) is 7.97. The van der Waals surface area contributed by atoms with Crippen molar-refractivity contribution in [2.75, 3.05) is 0 Å². The molecular formula is C48H54O3. The second kappa shape index (κ2) is 13.2. The van der Waals surface area contributed by atoms with Gasteiger partial charge < -0.3 is 4.74 Å². The molecule has 0 N–H and O–H groups in total. The predicted molar refractivity (Wildman–Crippen MR) is 213 cm³/mol. The van der Waals surface area contributed by atoms with Gasteiger partial charge in [-0.3, -0.25) is 0 Å². The Morgan fingerprint density at radius 2 is 0.745 bits per heavy atom. The van der Waals surface area contributed by atoms with Crippen molar-refractivity contribution in [1.82, 2.24) is 0 Å². The Hall–Kier alpha value is -4.50. The summed E-state index contributed by atoms with van der Waals surface area (Å²) in [5.74, 6) is -1.32. The van der Waals surface area contributed by atoms with Crippen LogP contribution in [0.25, 0.3) is 23.3 Å². The normalized spacial score (nSPS) is 18.7. The summed E-state index contributed by atoms with van der Waals surface area (Å²) in [6.07, 6.45) is 9.00. The van der Waals surface area contributed by atoms with E-state index in [2.05, 4.69) is 118 Å². The van der Waals surface area contributed by atoms with Crippen molar-refractivity contribution in [3.05, 3.63) is 141 Å². The van der Waals surface area contributed by atoms with Crippen molar-refractivity contribution in [1.29, 1.82) is 0 Å². The molecule has 4 aromatic rings. The van der Waals surface area contributed by atoms with Crippen molar-refractivity contribution in [3.63, 3.8) is 0 Å². The molecule has 0 aromatic heterocycles. The Labute approximate surface area is 305 Å². The number of carbonyl (C=O) groups is 2. The smallest absolute Gasteiger partial charge is 0.346 e. The van der Waals surface area contributed by atoms with Gasteiger partial charge in [-0.2, -0.15) is 0 Å². The van der Waals surface area contributed by atoms with E-state index >= 15 is 0 Å². The van der Waals surface area contributed by atoms with E-state index in [0.717, 1.165) is 22.3 Å². The summed E-state index contributed by atoms with van der Waals surface area (Å²) in [6.45, 7) is 23.0. The van der Waals surface area contributed by atoms with E-state index in [9.17, 15) is 9.59 Å². The minimum Gasteiger partial charge on any atom is -0.386 e. The van der Waals surface area contributed by atoms with E-state index in [1.54, 1.807) is 24.3 Å². The van der Waals surface area contributed by atoms with Crippen LogP contribution in [0.4, 0.5) is 0 Å². The van der Waals surface area contributed by atoms with Gasteiger partial charge in [0.2, 0.25) is 0 Å². The van der Waals surface area contributed by atoms with E-state index in [4.69, 9.17) is 4.74 Å². The molecule has 3 heteroatoms. The summed E-state index contributed by atoms with van der Waals surface area (Å²) in [5.41, 5.74) is 13.8. The van der Waals surface area contributed by atoms with Crippen molar-refractivity contribution in [3.8, 4) is 0 Å². The van der Waals surface area contributed by atoms with Crippen LogP contribution >= 0.6 is 0 Å². The third-order valence-electron chi connectivity index (χ3n) is 11.9. The Morgan fingerprint density at radius 3 is 1.08 bits per heavy atom. The summed E-state index contributed by atoms with van der Waals surface area (Å²) in [5, 5.41) is 0. The number of allylic oxidation sites excluding steroid dienone is 2. The standard InChI is InChI=1S/C48H54O3/c1-31(37-19-21-39-41(29-37)47(7,8)25-23-45(39,3)4)27-33-11-15-35(16-12-33)43(49)51-44(50)36-17-13-34(14-18-36)28-32(2)38-20-22-40-42(30-38)48(9,10)26-24-46(40,5)6/h11-22,27-30H,23-26H2,1-10H3. The maximum Gasteiger partial charge on any atom is 0.346 e. The van der Waals surface area contributed by atoms with Gasteiger partial charge in [-0.1, -0.05) is 128 Å². The molecule has 0 amide bonds. The Kier molecular flexibility index (Phi) is 9.42. The Bertz CT molecular complexity index is 1900. The second-order valence-electron chi connectivity index (χ2n) is 17.6. The van der Waals surface area contributed by atoms with E-state index in [0.29, 0.717) is 11.1 Å². The fraction of sp³-hybridized carbons (Fsp3) is 0.375. The lowest BCUT2D eigenvalue weighted by atomic mass is 9.63. The molecule has 0 bridgehead atoms. The molecule has 0 saturated heterocycles. The van der Waals surface area contributed by atoms with Crippen molar-refractivity contribution in [2.45, 2.75) is 117 Å². The molecule has 6 rings (SSSR count). The van der Waals surface area contributed by atoms with Crippen molar-refractivity contribution < 1.29 is 14.3 Å². The number of hydrogen-bond donors (Lipinski definition) is 0. The number of benzene rings is 4. The van der Waals surface area contributed by atoms with E-state index in [1.165, 1.54) is 59.1 Å². The molecule has 0 heterocycles. The van der Waals surface area contributed by atoms with Gasteiger partial charge in [-0.25, -0.2) is 9.59 Å². The van der Waals surface area contributed by atoms with Gasteiger partial charge in [0.1, 0.15) is 0 Å². The quantitative estimate of drug-likeness (QED) is 0.116. The molecule has 0 aliphatic heterocycles. The topological polar surface area (TPSA) is 43.4 Å². The highest BCUT2D eigenvalue weighted by Crippen LogP contribution is 2.47. The summed E-state index contributed by atoms with van der Waals surface area (Å²) >= 11 is 0. The average Bonchev–Trinajstić information content (AvgIpc) is 3.09. The molecule has 0 fully saturated rings. The zero-order valence-electron chi connectivity index (χ0n) is 32.3. The highest BCUT2D eigenvalue weighted by Gasteiger charge is 2.38. The highest BCUT2D eigenvalue weighted by atomic mass is 16.6. The van der Waals surface area contributed by atoms with Crippen LogP contribution in [0, 0.1) is 0 Å². The van der Waals surface area contributed by atoms with Gasteiger partial charge in [0.15, 0.2) is 0 Å². The molecule has 4 aromatic carbocycles. The number of fused-ring (bicyclic) bond motifs is 2. The first-order valence-electron chi connectivity index (χ1n) is 18.5. The Balaban J connectivity index is 1.10. The summed E-state index contributed by atoms with van der Waals surface area (Å²) in [4.78, 5) is 25.8. The lowest BCUT2D eigenvalue weighted by molar-refractivity contribution is 0.0397. The Morgan fingerprint density at radius 1 is 0.451 bits per heavy atom. The van der Waals surface area contributed by atoms with Crippen LogP contribution in [0.3, 0.4) is 0 Å². The molecule has 2 aliphatic rings. The molecule has 0 unspecified atom stereocenters. The molecule has 0 spiro atoms. The van der Waals surface area contributed by atoms with Crippen LogP contribution in [0.5, 0.6) is 0 Å². The zero-order chi connectivity index (χ0) is 36.9. The lowest BCUT2D eigenvalue weighted by Crippen LogP contribution is -2.33. The molecule has 0 saturated carbocycles. The third kappa shape index (κ3) is 7.45. The maximum absolute atomic E-state index is 12.9. The summed E-state index contributed by atoms with van der Waals surface area (Å²) in [6, 6.07) is 28.2. The molecule has 51 heavy (non-hydrogen) atoms. The average molecular weight is 679 g/mol. The first-order chi connectivity index (χ1) is 23.9. The predicted octanol–water partition coefficient (Wildman–Crippen LogP) is 12.5. The molecule has 264 valence electrons. The van der Waals surface area contributed by atoms with E-state index in [1.807, 2.05) is 24.3 Å². The minimum atomic E-state index is -0.662. The monoisotopic (exact) mass is 678 g/mol. The van der Waals surface area contributed by atoms with Gasteiger partial charge >= 0.3 is 11.9 Å². The fourth-order valence-corrected chi connectivity index (χ4v) is 7.97. The minimum absolute atomic E-state index is 0.149. The number of rotatable bonds is 6. The highest BCUT2D eigenvalue weighted by molar-refractivity contribution is 6.02. The third-order valence-corrected chi connectivity index (χ3v) is 11.9. The SMILES string of the molecule is CC(=Cc1ccc(C(=O)OC(=O)c2ccc(C=C(C)c3ccc4c(c3)C(C)(C)CCC4(C)C)cc2)cc1)c1ccc2c(c1)C(C)(C)CCC2(C)C. The first kappa shape index (κ1) is 36.3. The van der Waals surface area contributed by atoms with Gasteiger partial charge in [0.25, 0.3) is 0 Å². The molecule has 2 aliphatic carbocycles. The van der Waals surface area contributed by atoms with Crippen LogP contribution in [0.1, 0.15) is 160 Å². The molecular weight excluding hydrogens is 625 g/mol. The van der Waals surface area contributed by atoms with Crippen LogP contribution < -0.4 is 0 Å². The van der Waals surface area contributed by atoms with Gasteiger partial charge in [-0.15, -0.1) is 0 Å². The van der Waals surface area contributed by atoms with Crippen LogP contribution in [-0.4, -0.2) is 11.9 Å². The van der Waals surface area contributed by atoms with Gasteiger partial charge in [0.05, 0.1) is 11.1 Å². The molecule has 0 radical (unpaired) electrons. The van der Waals surface area contributed by atoms with Crippen LogP contribution in [-0.2, 0) is 26.4 Å². The van der Waals surface area contributed by atoms with Crippen LogP contribution in [0.15, 0.2) is 84.9 Å². The van der Waals surface area contributed by atoms with E-state index < -0.39 is 11.9 Å². The van der Waals surface area contributed by atoms with Crippen LogP contribution in [0.2, 0.25) is 0 Å². The zero-order valence-corrected chi connectivity index (χ0v) is 32.3. The largest absolute Gasteiger partial charge is 0.386 e. The van der Waals surface area contributed by atoms with Gasteiger partial charge in [-0.05, 0) is 141 Å². The molecule has 0 atom stereocenters. The molecule has 3 nitrogen and oxygen atoms in total. The van der Waals surface area contributed by atoms with Crippen molar-refractivity contribution in [2.24, 2.45) is 0 Å². The van der Waals surface area contributed by atoms with Crippen molar-refractivity contribution >= 4 is 35.2 Å².